The molecule has 0 aromatic carbocycles. The number of aliphatic hydroxyl groups excluding tert-OH is 3. The molecule has 94 valence electrons. The molecule has 0 bridgehead atoms. The van der Waals surface area contributed by atoms with Crippen molar-refractivity contribution in [3.8, 4) is 0 Å². The second-order valence-electron chi connectivity index (χ2n) is 3.59. The third-order valence-electron chi connectivity index (χ3n) is 2.38. The van der Waals surface area contributed by atoms with Crippen LogP contribution in [0.2, 0.25) is 0 Å². The molecule has 5 atom stereocenters. The number of aliphatic hydroxyl groups is 3. The van der Waals surface area contributed by atoms with E-state index in [4.69, 9.17) is 14.2 Å². The summed E-state index contributed by atoms with van der Waals surface area (Å²) >= 11 is 0. The highest BCUT2D eigenvalue weighted by molar-refractivity contribution is 4.89. The summed E-state index contributed by atoms with van der Waals surface area (Å²) in [5, 5.41) is 28.7. The Bertz CT molecular complexity index is 221. The maximum Gasteiger partial charge on any atom is 0.187 e. The molecular formula is C10H18O6. The summed E-state index contributed by atoms with van der Waals surface area (Å²) < 4.78 is 15.2. The minimum Gasteiger partial charge on any atom is -0.387 e. The van der Waals surface area contributed by atoms with Crippen LogP contribution in [-0.2, 0) is 14.2 Å². The predicted octanol–water partition coefficient (Wildman–Crippen LogP) is -1.36. The van der Waals surface area contributed by atoms with Crippen molar-refractivity contribution in [2.45, 2.75) is 30.7 Å². The Labute approximate surface area is 94.1 Å². The minimum absolute atomic E-state index is 0.110. The lowest BCUT2D eigenvalue weighted by atomic mass is 9.99. The van der Waals surface area contributed by atoms with Gasteiger partial charge < -0.3 is 29.5 Å². The van der Waals surface area contributed by atoms with Crippen molar-refractivity contribution < 1.29 is 29.5 Å². The molecule has 1 aliphatic heterocycles. The quantitative estimate of drug-likeness (QED) is 0.509. The van der Waals surface area contributed by atoms with Crippen molar-refractivity contribution in [3.63, 3.8) is 0 Å². The van der Waals surface area contributed by atoms with Crippen LogP contribution < -0.4 is 0 Å². The predicted molar refractivity (Wildman–Crippen MR) is 54.7 cm³/mol. The first-order valence-corrected chi connectivity index (χ1v) is 5.03. The molecule has 0 radical (unpaired) electrons. The van der Waals surface area contributed by atoms with Gasteiger partial charge in [-0.1, -0.05) is 6.08 Å². The maximum atomic E-state index is 9.59. The van der Waals surface area contributed by atoms with Crippen LogP contribution in [0.4, 0.5) is 0 Å². The first-order chi connectivity index (χ1) is 7.61. The molecule has 1 rings (SSSR count). The van der Waals surface area contributed by atoms with Crippen LogP contribution in [0, 0.1) is 0 Å². The van der Waals surface area contributed by atoms with Gasteiger partial charge in [0.15, 0.2) is 6.29 Å². The number of ether oxygens (including phenoxy) is 3. The average molecular weight is 234 g/mol. The summed E-state index contributed by atoms with van der Waals surface area (Å²) in [4.78, 5) is 0. The fraction of sp³-hybridized carbons (Fsp3) is 0.800. The van der Waals surface area contributed by atoms with Gasteiger partial charge in [0, 0.05) is 7.11 Å². The molecule has 0 aromatic heterocycles. The fourth-order valence-corrected chi connectivity index (χ4v) is 1.52. The normalized spacial score (nSPS) is 39.6. The largest absolute Gasteiger partial charge is 0.387 e. The molecular weight excluding hydrogens is 216 g/mol. The third-order valence-corrected chi connectivity index (χ3v) is 2.38. The Morgan fingerprint density at radius 3 is 2.50 bits per heavy atom. The van der Waals surface area contributed by atoms with Crippen molar-refractivity contribution in [2.75, 3.05) is 20.3 Å². The van der Waals surface area contributed by atoms with Crippen LogP contribution in [0.1, 0.15) is 0 Å². The maximum absolute atomic E-state index is 9.59. The summed E-state index contributed by atoms with van der Waals surface area (Å²) in [5.74, 6) is 0. The SMILES string of the molecule is C=CCOC1OC(COC)[C@H](O)C(O)C1O. The Balaban J connectivity index is 2.61. The molecule has 6 heteroatoms. The molecule has 0 spiro atoms. The van der Waals surface area contributed by atoms with Crippen LogP contribution >= 0.6 is 0 Å². The van der Waals surface area contributed by atoms with Gasteiger partial charge in [-0.2, -0.15) is 0 Å². The van der Waals surface area contributed by atoms with E-state index in [9.17, 15) is 15.3 Å². The van der Waals surface area contributed by atoms with E-state index in [1.807, 2.05) is 0 Å². The van der Waals surface area contributed by atoms with E-state index < -0.39 is 30.7 Å². The van der Waals surface area contributed by atoms with E-state index in [1.54, 1.807) is 0 Å². The number of rotatable bonds is 5. The second kappa shape index (κ2) is 6.29. The zero-order valence-electron chi connectivity index (χ0n) is 9.15. The van der Waals surface area contributed by atoms with Crippen LogP contribution in [0.15, 0.2) is 12.7 Å². The highest BCUT2D eigenvalue weighted by atomic mass is 16.7. The van der Waals surface area contributed by atoms with Crippen molar-refractivity contribution in [3.05, 3.63) is 12.7 Å². The topological polar surface area (TPSA) is 88.4 Å². The van der Waals surface area contributed by atoms with Gasteiger partial charge in [-0.3, -0.25) is 0 Å². The molecule has 1 heterocycles. The lowest BCUT2D eigenvalue weighted by Crippen LogP contribution is -2.59. The molecule has 4 unspecified atom stereocenters. The Morgan fingerprint density at radius 1 is 1.25 bits per heavy atom. The van der Waals surface area contributed by atoms with Gasteiger partial charge in [0.2, 0.25) is 0 Å². The van der Waals surface area contributed by atoms with Crippen LogP contribution in [-0.4, -0.2) is 66.3 Å². The molecule has 0 aliphatic carbocycles. The zero-order chi connectivity index (χ0) is 12.1. The first-order valence-electron chi connectivity index (χ1n) is 5.03. The van der Waals surface area contributed by atoms with Crippen molar-refractivity contribution in [1.82, 2.24) is 0 Å². The third kappa shape index (κ3) is 3.00. The van der Waals surface area contributed by atoms with Crippen molar-refractivity contribution >= 4 is 0 Å². The van der Waals surface area contributed by atoms with E-state index in [0.717, 1.165) is 0 Å². The van der Waals surface area contributed by atoms with E-state index in [-0.39, 0.29) is 13.2 Å². The number of hydrogen-bond acceptors (Lipinski definition) is 6. The van der Waals surface area contributed by atoms with Crippen LogP contribution in [0.25, 0.3) is 0 Å². The number of hydrogen-bond donors (Lipinski definition) is 3. The Kier molecular flexibility index (Phi) is 5.33. The Morgan fingerprint density at radius 2 is 1.94 bits per heavy atom. The lowest BCUT2D eigenvalue weighted by molar-refractivity contribution is -0.299. The molecule has 16 heavy (non-hydrogen) atoms. The Hall–Kier alpha value is -0.500. The lowest BCUT2D eigenvalue weighted by Gasteiger charge is -2.39. The molecule has 1 fully saturated rings. The van der Waals surface area contributed by atoms with Crippen LogP contribution in [0.3, 0.4) is 0 Å². The monoisotopic (exact) mass is 234 g/mol. The van der Waals surface area contributed by atoms with Gasteiger partial charge in [0.1, 0.15) is 24.4 Å². The molecule has 6 nitrogen and oxygen atoms in total. The molecule has 0 aromatic rings. The van der Waals surface area contributed by atoms with E-state index >= 15 is 0 Å². The van der Waals surface area contributed by atoms with E-state index in [2.05, 4.69) is 6.58 Å². The molecule has 1 saturated heterocycles. The molecule has 0 amide bonds. The number of methoxy groups -OCH3 is 1. The van der Waals surface area contributed by atoms with Crippen molar-refractivity contribution in [1.29, 1.82) is 0 Å². The fourth-order valence-electron chi connectivity index (χ4n) is 1.52. The van der Waals surface area contributed by atoms with Gasteiger partial charge in [0.05, 0.1) is 13.2 Å². The van der Waals surface area contributed by atoms with Crippen molar-refractivity contribution in [2.24, 2.45) is 0 Å². The zero-order valence-corrected chi connectivity index (χ0v) is 9.15. The summed E-state index contributed by atoms with van der Waals surface area (Å²) in [7, 11) is 1.45. The average Bonchev–Trinajstić information content (AvgIpc) is 2.28. The molecule has 0 saturated carbocycles. The molecule has 1 aliphatic rings. The smallest absolute Gasteiger partial charge is 0.187 e. The highest BCUT2D eigenvalue weighted by Gasteiger charge is 2.44. The van der Waals surface area contributed by atoms with Crippen LogP contribution in [0.5, 0.6) is 0 Å². The standard InChI is InChI=1S/C10H18O6/c1-3-4-15-10-9(13)8(12)7(11)6(16-10)5-14-2/h3,6-13H,1,4-5H2,2H3/t6?,7-,8?,9?,10?/m0/s1. The minimum atomic E-state index is -1.32. The van der Waals surface area contributed by atoms with E-state index in [1.165, 1.54) is 13.2 Å². The summed E-state index contributed by atoms with van der Waals surface area (Å²) in [6.07, 6.45) is -4.01. The summed E-state index contributed by atoms with van der Waals surface area (Å²) in [6.45, 7) is 3.76. The van der Waals surface area contributed by atoms with Gasteiger partial charge in [-0.15, -0.1) is 6.58 Å². The summed E-state index contributed by atoms with van der Waals surface area (Å²) in [5.41, 5.74) is 0. The van der Waals surface area contributed by atoms with Gasteiger partial charge in [-0.25, -0.2) is 0 Å². The van der Waals surface area contributed by atoms with Gasteiger partial charge >= 0.3 is 0 Å². The van der Waals surface area contributed by atoms with Gasteiger partial charge in [0.25, 0.3) is 0 Å². The first kappa shape index (κ1) is 13.6. The molecule has 3 N–H and O–H groups in total. The highest BCUT2D eigenvalue weighted by Crippen LogP contribution is 2.22. The van der Waals surface area contributed by atoms with E-state index in [0.29, 0.717) is 0 Å². The van der Waals surface area contributed by atoms with Gasteiger partial charge in [-0.05, 0) is 0 Å². The second-order valence-corrected chi connectivity index (χ2v) is 3.59. The summed E-state index contributed by atoms with van der Waals surface area (Å²) in [6, 6.07) is 0.